The highest BCUT2D eigenvalue weighted by Gasteiger charge is 2.36. The maximum Gasteiger partial charge on any atom is 0.337 e. The standard InChI is InChI=1S/C22H26N2O2/c1-21(2)12-13-22(3,4)19-14-17(10-11-18(19)21)24-23-16-8-6-15(7-9-16)20(25)26-5/h6-11,14H,12-13H2,1-5H3. The van der Waals surface area contributed by atoms with Crippen LogP contribution in [0, 0.1) is 0 Å². The molecule has 4 heteroatoms. The first-order valence-electron chi connectivity index (χ1n) is 8.98. The van der Waals surface area contributed by atoms with Gasteiger partial charge in [-0.15, -0.1) is 0 Å². The molecule has 0 atom stereocenters. The van der Waals surface area contributed by atoms with E-state index in [4.69, 9.17) is 4.74 Å². The van der Waals surface area contributed by atoms with Crippen LogP contribution in [-0.2, 0) is 15.6 Å². The van der Waals surface area contributed by atoms with Crippen molar-refractivity contribution in [2.75, 3.05) is 7.11 Å². The third kappa shape index (κ3) is 3.55. The van der Waals surface area contributed by atoms with Crippen molar-refractivity contribution in [1.29, 1.82) is 0 Å². The number of carbonyl (C=O) groups excluding carboxylic acids is 1. The minimum Gasteiger partial charge on any atom is -0.465 e. The van der Waals surface area contributed by atoms with E-state index in [1.54, 1.807) is 24.3 Å². The number of azo groups is 1. The number of ether oxygens (including phenoxy) is 1. The molecule has 2 aromatic carbocycles. The lowest BCUT2D eigenvalue weighted by Crippen LogP contribution is -2.33. The molecular weight excluding hydrogens is 324 g/mol. The molecule has 1 aliphatic rings. The van der Waals surface area contributed by atoms with E-state index < -0.39 is 0 Å². The van der Waals surface area contributed by atoms with Crippen LogP contribution in [-0.4, -0.2) is 13.1 Å². The molecule has 0 aromatic heterocycles. The highest BCUT2D eigenvalue weighted by molar-refractivity contribution is 5.89. The molecule has 0 saturated heterocycles. The summed E-state index contributed by atoms with van der Waals surface area (Å²) in [5.74, 6) is -0.354. The van der Waals surface area contributed by atoms with Crippen molar-refractivity contribution in [3.8, 4) is 0 Å². The van der Waals surface area contributed by atoms with Crippen LogP contribution in [0.2, 0.25) is 0 Å². The molecule has 1 aliphatic carbocycles. The fraction of sp³-hybridized carbons (Fsp3) is 0.409. The molecule has 0 bridgehead atoms. The average molecular weight is 350 g/mol. The van der Waals surface area contributed by atoms with Gasteiger partial charge in [0.1, 0.15) is 0 Å². The van der Waals surface area contributed by atoms with Crippen molar-refractivity contribution >= 4 is 17.3 Å². The van der Waals surface area contributed by atoms with Gasteiger partial charge >= 0.3 is 5.97 Å². The Balaban J connectivity index is 1.87. The van der Waals surface area contributed by atoms with Gasteiger partial charge in [0.2, 0.25) is 0 Å². The number of esters is 1. The molecule has 0 radical (unpaired) electrons. The zero-order valence-electron chi connectivity index (χ0n) is 16.2. The number of fused-ring (bicyclic) bond motifs is 1. The summed E-state index contributed by atoms with van der Waals surface area (Å²) in [6, 6.07) is 13.3. The van der Waals surface area contributed by atoms with Crippen LogP contribution in [0.25, 0.3) is 0 Å². The molecule has 0 heterocycles. The van der Waals surface area contributed by atoms with Crippen LogP contribution in [0.5, 0.6) is 0 Å². The minimum atomic E-state index is -0.354. The fourth-order valence-corrected chi connectivity index (χ4v) is 3.54. The monoisotopic (exact) mass is 350 g/mol. The van der Waals surface area contributed by atoms with E-state index in [0.29, 0.717) is 11.3 Å². The second-order valence-electron chi connectivity index (χ2n) is 8.24. The largest absolute Gasteiger partial charge is 0.465 e. The Bertz CT molecular complexity index is 849. The number of benzene rings is 2. The van der Waals surface area contributed by atoms with Gasteiger partial charge in [0.05, 0.1) is 24.0 Å². The zero-order chi connectivity index (χ0) is 18.9. The number of rotatable bonds is 3. The molecule has 0 amide bonds. The molecule has 0 fully saturated rings. The molecule has 0 N–H and O–H groups in total. The summed E-state index contributed by atoms with van der Waals surface area (Å²) in [7, 11) is 1.37. The normalized spacial score (nSPS) is 17.7. The summed E-state index contributed by atoms with van der Waals surface area (Å²) in [4.78, 5) is 11.5. The third-order valence-electron chi connectivity index (χ3n) is 5.41. The van der Waals surface area contributed by atoms with E-state index in [2.05, 4.69) is 50.1 Å². The minimum absolute atomic E-state index is 0.151. The lowest BCUT2D eigenvalue weighted by molar-refractivity contribution is 0.0601. The SMILES string of the molecule is COC(=O)c1ccc(N=Nc2ccc3c(c2)C(C)(C)CCC3(C)C)cc1. The second-order valence-corrected chi connectivity index (χ2v) is 8.24. The van der Waals surface area contributed by atoms with Crippen LogP contribution in [0.15, 0.2) is 52.7 Å². The van der Waals surface area contributed by atoms with Crippen LogP contribution in [0.3, 0.4) is 0 Å². The Hall–Kier alpha value is -2.49. The van der Waals surface area contributed by atoms with E-state index in [9.17, 15) is 4.79 Å². The fourth-order valence-electron chi connectivity index (χ4n) is 3.54. The van der Waals surface area contributed by atoms with Crippen LogP contribution >= 0.6 is 0 Å². The number of hydrogen-bond donors (Lipinski definition) is 0. The summed E-state index contributed by atoms with van der Waals surface area (Å²) in [6.07, 6.45) is 2.36. The van der Waals surface area contributed by atoms with Gasteiger partial charge < -0.3 is 4.74 Å². The Morgan fingerprint density at radius 2 is 1.38 bits per heavy atom. The molecule has 0 aliphatic heterocycles. The van der Waals surface area contributed by atoms with Crippen molar-refractivity contribution in [3.05, 3.63) is 59.2 Å². The summed E-state index contributed by atoms with van der Waals surface area (Å²) < 4.78 is 4.70. The molecule has 2 aromatic rings. The van der Waals surface area contributed by atoms with Crippen LogP contribution in [0.1, 0.15) is 62.0 Å². The predicted molar refractivity (Wildman–Crippen MR) is 104 cm³/mol. The van der Waals surface area contributed by atoms with Crippen molar-refractivity contribution in [2.24, 2.45) is 10.2 Å². The zero-order valence-corrected chi connectivity index (χ0v) is 16.2. The number of nitrogens with zero attached hydrogens (tertiary/aromatic N) is 2. The van der Waals surface area contributed by atoms with E-state index in [0.717, 1.165) is 5.69 Å². The molecule has 3 rings (SSSR count). The maximum atomic E-state index is 11.5. The smallest absolute Gasteiger partial charge is 0.337 e. The number of hydrogen-bond acceptors (Lipinski definition) is 4. The maximum absolute atomic E-state index is 11.5. The van der Waals surface area contributed by atoms with E-state index in [-0.39, 0.29) is 16.8 Å². The first-order valence-corrected chi connectivity index (χ1v) is 8.98. The Morgan fingerprint density at radius 3 is 2.00 bits per heavy atom. The predicted octanol–water partition coefficient (Wildman–Crippen LogP) is 6.24. The van der Waals surface area contributed by atoms with Gasteiger partial charge in [0.25, 0.3) is 0 Å². The summed E-state index contributed by atoms with van der Waals surface area (Å²) >= 11 is 0. The first-order chi connectivity index (χ1) is 12.2. The second kappa shape index (κ2) is 6.67. The highest BCUT2D eigenvalue weighted by Crippen LogP contribution is 2.46. The topological polar surface area (TPSA) is 51.0 Å². The van der Waals surface area contributed by atoms with Gasteiger partial charge in [0, 0.05) is 0 Å². The molecule has 0 unspecified atom stereocenters. The summed E-state index contributed by atoms with van der Waals surface area (Å²) in [6.45, 7) is 9.22. The number of carbonyl (C=O) groups is 1. The van der Waals surface area contributed by atoms with Crippen molar-refractivity contribution in [1.82, 2.24) is 0 Å². The van der Waals surface area contributed by atoms with E-state index in [1.165, 1.54) is 31.1 Å². The molecular formula is C22H26N2O2. The molecule has 26 heavy (non-hydrogen) atoms. The molecule has 0 spiro atoms. The Kier molecular flexibility index (Phi) is 4.70. The van der Waals surface area contributed by atoms with Crippen molar-refractivity contribution in [2.45, 2.75) is 51.4 Å². The lowest BCUT2D eigenvalue weighted by Gasteiger charge is -2.41. The van der Waals surface area contributed by atoms with Gasteiger partial charge in [-0.25, -0.2) is 4.79 Å². The summed E-state index contributed by atoms with van der Waals surface area (Å²) in [5.41, 5.74) is 5.19. The van der Waals surface area contributed by atoms with Gasteiger partial charge in [-0.2, -0.15) is 10.2 Å². The van der Waals surface area contributed by atoms with Crippen molar-refractivity contribution in [3.63, 3.8) is 0 Å². The van der Waals surface area contributed by atoms with Crippen LogP contribution < -0.4 is 0 Å². The average Bonchev–Trinajstić information content (AvgIpc) is 2.63. The third-order valence-corrected chi connectivity index (χ3v) is 5.41. The summed E-state index contributed by atoms with van der Waals surface area (Å²) in [5, 5.41) is 8.71. The lowest BCUT2D eigenvalue weighted by atomic mass is 9.63. The van der Waals surface area contributed by atoms with E-state index >= 15 is 0 Å². The Labute approximate surface area is 155 Å². The van der Waals surface area contributed by atoms with Gasteiger partial charge in [-0.1, -0.05) is 33.8 Å². The van der Waals surface area contributed by atoms with Crippen LogP contribution in [0.4, 0.5) is 11.4 Å². The van der Waals surface area contributed by atoms with Gasteiger partial charge in [0.15, 0.2) is 0 Å². The van der Waals surface area contributed by atoms with E-state index in [1.807, 2.05) is 6.07 Å². The Morgan fingerprint density at radius 1 is 0.846 bits per heavy atom. The molecule has 136 valence electrons. The number of methoxy groups -OCH3 is 1. The van der Waals surface area contributed by atoms with Gasteiger partial charge in [-0.05, 0) is 71.2 Å². The molecule has 0 saturated carbocycles. The first kappa shape index (κ1) is 18.3. The molecule has 4 nitrogen and oxygen atoms in total. The van der Waals surface area contributed by atoms with Gasteiger partial charge in [-0.3, -0.25) is 0 Å². The highest BCUT2D eigenvalue weighted by atomic mass is 16.5. The quantitative estimate of drug-likeness (QED) is 0.486. The van der Waals surface area contributed by atoms with Crippen molar-refractivity contribution < 1.29 is 9.53 Å².